The molecule has 0 spiro atoms. The summed E-state index contributed by atoms with van der Waals surface area (Å²) in [4.78, 5) is 12.5. The Hall–Kier alpha value is -1.49. The number of fused-ring (bicyclic) bond motifs is 1. The number of rotatable bonds is 2. The Kier molecular flexibility index (Phi) is 3.69. The molecule has 106 valence electrons. The van der Waals surface area contributed by atoms with Gasteiger partial charge in [-0.25, -0.2) is 0 Å². The van der Waals surface area contributed by atoms with E-state index in [-0.39, 0.29) is 22.1 Å². The number of hydrogen-bond donors (Lipinski definition) is 1. The van der Waals surface area contributed by atoms with Crippen LogP contribution in [-0.4, -0.2) is 10.9 Å². The van der Waals surface area contributed by atoms with Crippen molar-refractivity contribution in [1.29, 1.82) is 0 Å². The lowest BCUT2D eigenvalue weighted by Crippen LogP contribution is -2.00. The Bertz CT molecular complexity index is 871. The molecule has 3 rings (SSSR count). The van der Waals surface area contributed by atoms with Crippen molar-refractivity contribution in [2.75, 3.05) is 0 Å². The van der Waals surface area contributed by atoms with Crippen molar-refractivity contribution in [2.24, 2.45) is 0 Å². The Morgan fingerprint density at radius 3 is 2.62 bits per heavy atom. The molecule has 0 unspecified atom stereocenters. The predicted molar refractivity (Wildman–Crippen MR) is 85.5 cm³/mol. The van der Waals surface area contributed by atoms with Crippen molar-refractivity contribution in [3.63, 3.8) is 0 Å². The largest absolute Gasteiger partial charge is 0.504 e. The number of carbonyl (C=O) groups excluding carboxylic acids is 1. The molecule has 0 aliphatic carbocycles. The molecule has 0 fully saturated rings. The first-order valence-corrected chi connectivity index (χ1v) is 7.43. The van der Waals surface area contributed by atoms with Gasteiger partial charge in [0.05, 0.1) is 10.4 Å². The van der Waals surface area contributed by atoms with E-state index < -0.39 is 5.78 Å². The number of hydrogen-bond acceptors (Lipinski definition) is 3. The van der Waals surface area contributed by atoms with Crippen LogP contribution >= 0.6 is 39.1 Å². The molecule has 0 bridgehead atoms. The molecule has 0 atom stereocenters. The molecule has 3 aromatic rings. The van der Waals surface area contributed by atoms with E-state index >= 15 is 0 Å². The lowest BCUT2D eigenvalue weighted by Gasteiger charge is -2.02. The first-order chi connectivity index (χ1) is 9.97. The fraction of sp³-hybridized carbons (Fsp3) is 0. The molecule has 1 aromatic heterocycles. The molecule has 0 radical (unpaired) electrons. The van der Waals surface area contributed by atoms with Crippen LogP contribution in [0, 0.1) is 0 Å². The van der Waals surface area contributed by atoms with Gasteiger partial charge in [0.2, 0.25) is 11.5 Å². The van der Waals surface area contributed by atoms with E-state index in [0.717, 1.165) is 4.47 Å². The van der Waals surface area contributed by atoms with Crippen LogP contribution in [0.3, 0.4) is 0 Å². The molecule has 1 heterocycles. The zero-order valence-electron chi connectivity index (χ0n) is 10.4. The summed E-state index contributed by atoms with van der Waals surface area (Å²) in [5.41, 5.74) is 0.629. The summed E-state index contributed by atoms with van der Waals surface area (Å²) >= 11 is 15.1. The van der Waals surface area contributed by atoms with Crippen LogP contribution in [0.15, 0.2) is 45.3 Å². The summed E-state index contributed by atoms with van der Waals surface area (Å²) < 4.78 is 6.24. The fourth-order valence-electron chi connectivity index (χ4n) is 2.01. The van der Waals surface area contributed by atoms with Crippen LogP contribution in [0.4, 0.5) is 0 Å². The topological polar surface area (TPSA) is 50.4 Å². The third kappa shape index (κ3) is 2.55. The van der Waals surface area contributed by atoms with Crippen LogP contribution in [0.5, 0.6) is 5.75 Å². The van der Waals surface area contributed by atoms with Crippen molar-refractivity contribution >= 4 is 55.9 Å². The summed E-state index contributed by atoms with van der Waals surface area (Å²) in [7, 11) is 0. The molecule has 21 heavy (non-hydrogen) atoms. The average molecular weight is 386 g/mol. The van der Waals surface area contributed by atoms with Gasteiger partial charge in [-0.3, -0.25) is 4.79 Å². The highest BCUT2D eigenvalue weighted by molar-refractivity contribution is 9.10. The number of halogens is 3. The van der Waals surface area contributed by atoms with E-state index in [9.17, 15) is 9.90 Å². The van der Waals surface area contributed by atoms with Gasteiger partial charge >= 0.3 is 0 Å². The molecule has 2 aromatic carbocycles. The predicted octanol–water partition coefficient (Wildman–Crippen LogP) is 5.44. The Morgan fingerprint density at radius 1 is 1.14 bits per heavy atom. The first kappa shape index (κ1) is 14.4. The minimum atomic E-state index is -0.499. The van der Waals surface area contributed by atoms with Crippen LogP contribution in [0.25, 0.3) is 11.0 Å². The molecule has 0 aliphatic heterocycles. The van der Waals surface area contributed by atoms with Crippen molar-refractivity contribution in [3.05, 3.63) is 62.2 Å². The number of benzene rings is 2. The molecule has 3 nitrogen and oxygen atoms in total. The van der Waals surface area contributed by atoms with Crippen LogP contribution < -0.4 is 0 Å². The van der Waals surface area contributed by atoms with Crippen molar-refractivity contribution < 1.29 is 14.3 Å². The standard InChI is InChI=1S/C15H7BrCl2O3/c16-7-1-3-10-12(5-7)21-15(14(10)20)13(19)9-4-2-8(17)6-11(9)18/h1-6,20H. The Morgan fingerprint density at radius 2 is 1.90 bits per heavy atom. The molecule has 0 saturated carbocycles. The quantitative estimate of drug-likeness (QED) is 0.597. The van der Waals surface area contributed by atoms with Gasteiger partial charge in [-0.05, 0) is 36.4 Å². The molecule has 0 saturated heterocycles. The monoisotopic (exact) mass is 384 g/mol. The maximum Gasteiger partial charge on any atom is 0.233 e. The van der Waals surface area contributed by atoms with Crippen molar-refractivity contribution in [1.82, 2.24) is 0 Å². The molecular weight excluding hydrogens is 379 g/mol. The zero-order chi connectivity index (χ0) is 15.1. The summed E-state index contributed by atoms with van der Waals surface area (Å²) in [6.45, 7) is 0. The number of aromatic hydroxyl groups is 1. The number of ketones is 1. The first-order valence-electron chi connectivity index (χ1n) is 5.88. The second-order valence-electron chi connectivity index (χ2n) is 4.37. The molecule has 0 aliphatic rings. The Balaban J connectivity index is 2.15. The molecule has 6 heteroatoms. The van der Waals surface area contributed by atoms with Gasteiger partial charge in [-0.1, -0.05) is 39.1 Å². The van der Waals surface area contributed by atoms with Crippen LogP contribution in [-0.2, 0) is 0 Å². The van der Waals surface area contributed by atoms with Gasteiger partial charge in [-0.15, -0.1) is 0 Å². The minimum Gasteiger partial charge on any atom is -0.504 e. The van der Waals surface area contributed by atoms with Crippen LogP contribution in [0.1, 0.15) is 16.1 Å². The maximum atomic E-state index is 12.5. The van der Waals surface area contributed by atoms with Gasteiger partial charge in [0.1, 0.15) is 5.58 Å². The Labute approximate surface area is 138 Å². The molecular formula is C15H7BrCl2O3. The van der Waals surface area contributed by atoms with Gasteiger partial charge in [0, 0.05) is 15.1 Å². The highest BCUT2D eigenvalue weighted by Gasteiger charge is 2.23. The van der Waals surface area contributed by atoms with E-state index in [1.165, 1.54) is 12.1 Å². The summed E-state index contributed by atoms with van der Waals surface area (Å²) in [6, 6.07) is 9.61. The average Bonchev–Trinajstić information content (AvgIpc) is 2.75. The highest BCUT2D eigenvalue weighted by Crippen LogP contribution is 2.36. The molecule has 1 N–H and O–H groups in total. The van der Waals surface area contributed by atoms with E-state index in [2.05, 4.69) is 15.9 Å². The van der Waals surface area contributed by atoms with Gasteiger partial charge in [0.25, 0.3) is 0 Å². The number of furan rings is 1. The molecule has 0 amide bonds. The fourth-order valence-corrected chi connectivity index (χ4v) is 2.84. The minimum absolute atomic E-state index is 0.146. The van der Waals surface area contributed by atoms with E-state index in [0.29, 0.717) is 16.0 Å². The van der Waals surface area contributed by atoms with Crippen molar-refractivity contribution in [2.45, 2.75) is 0 Å². The summed E-state index contributed by atoms with van der Waals surface area (Å²) in [5, 5.41) is 11.3. The van der Waals surface area contributed by atoms with Crippen molar-refractivity contribution in [3.8, 4) is 5.75 Å². The van der Waals surface area contributed by atoms with Gasteiger partial charge in [0.15, 0.2) is 5.75 Å². The second kappa shape index (κ2) is 5.37. The zero-order valence-corrected chi connectivity index (χ0v) is 13.5. The van der Waals surface area contributed by atoms with E-state index in [4.69, 9.17) is 27.6 Å². The maximum absolute atomic E-state index is 12.5. The SMILES string of the molecule is O=C(c1ccc(Cl)cc1Cl)c1oc2cc(Br)ccc2c1O. The van der Waals surface area contributed by atoms with Crippen LogP contribution in [0.2, 0.25) is 10.0 Å². The van der Waals surface area contributed by atoms with E-state index in [1.54, 1.807) is 24.3 Å². The van der Waals surface area contributed by atoms with Gasteiger partial charge in [-0.2, -0.15) is 0 Å². The summed E-state index contributed by atoms with van der Waals surface area (Å²) in [5.74, 6) is -0.845. The smallest absolute Gasteiger partial charge is 0.233 e. The lowest BCUT2D eigenvalue weighted by atomic mass is 10.1. The van der Waals surface area contributed by atoms with Gasteiger partial charge < -0.3 is 9.52 Å². The summed E-state index contributed by atoms with van der Waals surface area (Å²) in [6.07, 6.45) is 0. The highest BCUT2D eigenvalue weighted by atomic mass is 79.9. The third-order valence-electron chi connectivity index (χ3n) is 3.01. The van der Waals surface area contributed by atoms with E-state index in [1.807, 2.05) is 0 Å². The lowest BCUT2D eigenvalue weighted by molar-refractivity contribution is 0.101. The normalized spacial score (nSPS) is 11.0. The second-order valence-corrected chi connectivity index (χ2v) is 6.13. The number of carbonyl (C=O) groups is 1. The third-order valence-corrected chi connectivity index (χ3v) is 4.05.